The number of imidazole rings is 1. The van der Waals surface area contributed by atoms with Gasteiger partial charge in [-0.2, -0.15) is 13.2 Å². The predicted octanol–water partition coefficient (Wildman–Crippen LogP) is 1.14. The van der Waals surface area contributed by atoms with Gasteiger partial charge in [0, 0.05) is 47.4 Å². The van der Waals surface area contributed by atoms with Crippen LogP contribution in [0, 0.1) is 0 Å². The van der Waals surface area contributed by atoms with Crippen LogP contribution in [-0.2, 0) is 29.2 Å². The van der Waals surface area contributed by atoms with E-state index in [9.17, 15) is 18.0 Å². The second-order valence-electron chi connectivity index (χ2n) is 6.31. The summed E-state index contributed by atoms with van der Waals surface area (Å²) >= 11 is 0. The Kier molecular flexibility index (Phi) is 9.19. The smallest absolute Gasteiger partial charge is 0.475 e. The molecule has 0 spiro atoms. The second kappa shape index (κ2) is 10.9. The number of amides is 2. The number of methoxy groups -OCH3 is 1. The molecular formula is C16H26F3N5O4. The van der Waals surface area contributed by atoms with Gasteiger partial charge < -0.3 is 24.6 Å². The van der Waals surface area contributed by atoms with Crippen LogP contribution in [-0.4, -0.2) is 83.5 Å². The number of fused-ring (bicyclic) bond motifs is 1. The molecule has 2 amide bonds. The van der Waals surface area contributed by atoms with Gasteiger partial charge in [-0.15, -0.1) is 0 Å². The summed E-state index contributed by atoms with van der Waals surface area (Å²) in [6.07, 6.45) is -2.09. The molecule has 2 heterocycles. The molecule has 0 saturated carbocycles. The monoisotopic (exact) mass is 409 g/mol. The highest BCUT2D eigenvalue weighted by Crippen LogP contribution is 2.16. The minimum atomic E-state index is -5.08. The van der Waals surface area contributed by atoms with Crippen LogP contribution in [0.15, 0.2) is 6.33 Å². The first kappa shape index (κ1) is 23.7. The highest BCUT2D eigenvalue weighted by atomic mass is 19.4. The van der Waals surface area contributed by atoms with Gasteiger partial charge in [0.05, 0.1) is 30.9 Å². The molecular weight excluding hydrogens is 383 g/mol. The number of alkyl halides is 3. The van der Waals surface area contributed by atoms with E-state index in [0.29, 0.717) is 6.54 Å². The maximum Gasteiger partial charge on any atom is 0.490 e. The fourth-order valence-electron chi connectivity index (χ4n) is 2.46. The summed E-state index contributed by atoms with van der Waals surface area (Å²) in [7, 11) is 5.19. The number of nitrogens with zero attached hydrogens (tertiary/aromatic N) is 4. The molecule has 160 valence electrons. The van der Waals surface area contributed by atoms with Crippen molar-refractivity contribution in [1.29, 1.82) is 0 Å². The van der Waals surface area contributed by atoms with E-state index in [0.717, 1.165) is 44.9 Å². The third-order valence-electron chi connectivity index (χ3n) is 3.95. The largest absolute Gasteiger partial charge is 0.490 e. The van der Waals surface area contributed by atoms with Crippen molar-refractivity contribution in [2.45, 2.75) is 32.2 Å². The van der Waals surface area contributed by atoms with Gasteiger partial charge in [0.25, 0.3) is 0 Å². The first-order valence-corrected chi connectivity index (χ1v) is 8.55. The average molecular weight is 409 g/mol. The number of carboxylic acids is 1. The Balaban J connectivity index is 0.000000480. The summed E-state index contributed by atoms with van der Waals surface area (Å²) in [5.41, 5.74) is 2.15. The van der Waals surface area contributed by atoms with Crippen LogP contribution in [0.5, 0.6) is 0 Å². The van der Waals surface area contributed by atoms with Gasteiger partial charge in [0.15, 0.2) is 0 Å². The van der Waals surface area contributed by atoms with Crippen LogP contribution in [0.3, 0.4) is 0 Å². The van der Waals surface area contributed by atoms with E-state index in [1.165, 1.54) is 10.6 Å². The maximum absolute atomic E-state index is 11.6. The fraction of sp³-hybridized carbons (Fsp3) is 0.688. The number of aryl methyl sites for hydroxylation is 1. The highest BCUT2D eigenvalue weighted by Gasteiger charge is 2.38. The second-order valence-corrected chi connectivity index (χ2v) is 6.31. The molecule has 9 nitrogen and oxygen atoms in total. The van der Waals surface area contributed by atoms with Crippen LogP contribution in [0.4, 0.5) is 18.0 Å². The molecule has 0 bridgehead atoms. The van der Waals surface area contributed by atoms with E-state index < -0.39 is 12.1 Å². The molecule has 1 aromatic rings. The minimum Gasteiger partial charge on any atom is -0.475 e. The summed E-state index contributed by atoms with van der Waals surface area (Å²) < 4.78 is 39.1. The molecule has 1 aliphatic rings. The number of aliphatic carboxylic acids is 1. The van der Waals surface area contributed by atoms with E-state index in [2.05, 4.69) is 19.8 Å². The van der Waals surface area contributed by atoms with E-state index in [1.54, 1.807) is 21.2 Å². The number of aromatic nitrogens is 2. The number of carboxylic acid groups (broad SMARTS) is 1. The Labute approximate surface area is 161 Å². The number of ether oxygens (including phenoxy) is 1. The Morgan fingerprint density at radius 1 is 1.36 bits per heavy atom. The van der Waals surface area contributed by atoms with Crippen molar-refractivity contribution in [3.63, 3.8) is 0 Å². The maximum atomic E-state index is 11.6. The van der Waals surface area contributed by atoms with E-state index >= 15 is 0 Å². The molecule has 1 aromatic heterocycles. The Morgan fingerprint density at radius 3 is 2.54 bits per heavy atom. The molecule has 1 aliphatic heterocycles. The fourth-order valence-corrected chi connectivity index (χ4v) is 2.46. The van der Waals surface area contributed by atoms with Crippen LogP contribution >= 0.6 is 0 Å². The molecule has 0 saturated heterocycles. The minimum absolute atomic E-state index is 0.0957. The molecule has 0 atom stereocenters. The zero-order chi connectivity index (χ0) is 21.3. The number of carbonyl (C=O) groups excluding carboxylic acids is 1. The number of urea groups is 1. The number of halogens is 3. The van der Waals surface area contributed by atoms with Crippen LogP contribution < -0.4 is 5.32 Å². The molecule has 0 aliphatic carbocycles. The lowest BCUT2D eigenvalue weighted by molar-refractivity contribution is -0.192. The number of hydrogen-bond acceptors (Lipinski definition) is 5. The van der Waals surface area contributed by atoms with Gasteiger partial charge in [-0.3, -0.25) is 4.90 Å². The van der Waals surface area contributed by atoms with Gasteiger partial charge in [-0.1, -0.05) is 0 Å². The van der Waals surface area contributed by atoms with Crippen LogP contribution in [0.25, 0.3) is 0 Å². The van der Waals surface area contributed by atoms with Gasteiger partial charge in [0.1, 0.15) is 0 Å². The molecule has 2 N–H and O–H groups in total. The summed E-state index contributed by atoms with van der Waals surface area (Å²) in [5.74, 6) is -2.76. The van der Waals surface area contributed by atoms with Gasteiger partial charge in [-0.05, 0) is 6.42 Å². The van der Waals surface area contributed by atoms with Crippen molar-refractivity contribution in [3.05, 3.63) is 17.7 Å². The first-order valence-electron chi connectivity index (χ1n) is 8.55. The molecule has 0 radical (unpaired) electrons. The SMILES string of the molecule is COCCN1CCCn2cnc(CNC(=O)N(C)C)c2C1.O=C(O)C(F)(F)F. The molecule has 28 heavy (non-hydrogen) atoms. The van der Waals surface area contributed by atoms with Gasteiger partial charge in [0.2, 0.25) is 0 Å². The lowest BCUT2D eigenvalue weighted by Gasteiger charge is -2.19. The van der Waals surface area contributed by atoms with Crippen molar-refractivity contribution in [2.75, 3.05) is 40.9 Å². The van der Waals surface area contributed by atoms with Crippen molar-refractivity contribution in [2.24, 2.45) is 0 Å². The number of hydrogen-bond donors (Lipinski definition) is 2. The van der Waals surface area contributed by atoms with Crippen molar-refractivity contribution >= 4 is 12.0 Å². The van der Waals surface area contributed by atoms with E-state index in [1.807, 2.05) is 6.33 Å². The topological polar surface area (TPSA) is 99.9 Å². The van der Waals surface area contributed by atoms with Crippen molar-refractivity contribution in [3.8, 4) is 0 Å². The summed E-state index contributed by atoms with van der Waals surface area (Å²) in [6.45, 7) is 5.03. The third-order valence-corrected chi connectivity index (χ3v) is 3.95. The molecule has 0 unspecified atom stereocenters. The predicted molar refractivity (Wildman–Crippen MR) is 93.6 cm³/mol. The van der Waals surface area contributed by atoms with E-state index in [-0.39, 0.29) is 6.03 Å². The van der Waals surface area contributed by atoms with Gasteiger partial charge in [-0.25, -0.2) is 14.6 Å². The average Bonchev–Trinajstić information content (AvgIpc) is 2.86. The van der Waals surface area contributed by atoms with Crippen molar-refractivity contribution < 1.29 is 32.6 Å². The van der Waals surface area contributed by atoms with Crippen LogP contribution in [0.1, 0.15) is 17.8 Å². The van der Waals surface area contributed by atoms with Crippen LogP contribution in [0.2, 0.25) is 0 Å². The zero-order valence-corrected chi connectivity index (χ0v) is 16.1. The Bertz CT molecular complexity index is 649. The third kappa shape index (κ3) is 7.72. The summed E-state index contributed by atoms with van der Waals surface area (Å²) in [4.78, 5) is 28.9. The number of nitrogens with one attached hydrogen (secondary N) is 1. The Hall–Kier alpha value is -2.34. The quantitative estimate of drug-likeness (QED) is 0.757. The van der Waals surface area contributed by atoms with E-state index in [4.69, 9.17) is 14.6 Å². The zero-order valence-electron chi connectivity index (χ0n) is 16.1. The lowest BCUT2D eigenvalue weighted by Crippen LogP contribution is -2.34. The summed E-state index contributed by atoms with van der Waals surface area (Å²) in [5, 5.41) is 10.0. The highest BCUT2D eigenvalue weighted by molar-refractivity contribution is 5.73. The normalized spacial score (nSPS) is 14.4. The number of rotatable bonds is 5. The lowest BCUT2D eigenvalue weighted by atomic mass is 10.3. The molecule has 0 aromatic carbocycles. The molecule has 2 rings (SSSR count). The molecule has 12 heteroatoms. The van der Waals surface area contributed by atoms with Gasteiger partial charge >= 0.3 is 18.2 Å². The first-order chi connectivity index (χ1) is 13.1. The standard InChI is InChI=1S/C14H25N5O2.C2HF3O2/c1-17(2)14(20)15-9-12-13-10-18(7-8-21-3)5-4-6-19(13)11-16-12;3-2(4,5)1(6)7/h11H,4-10H2,1-3H3,(H,15,20);(H,6,7). The summed E-state index contributed by atoms with van der Waals surface area (Å²) in [6, 6.07) is -0.0957. The molecule has 0 fully saturated rings. The van der Waals surface area contributed by atoms with Crippen molar-refractivity contribution in [1.82, 2.24) is 24.7 Å². The number of carbonyl (C=O) groups is 2. The Morgan fingerprint density at radius 2 is 2.00 bits per heavy atom.